The summed E-state index contributed by atoms with van der Waals surface area (Å²) in [4.78, 5) is 2.20. The minimum Gasteiger partial charge on any atom is -0.306 e. The van der Waals surface area contributed by atoms with Gasteiger partial charge in [0.2, 0.25) is 0 Å². The van der Waals surface area contributed by atoms with Crippen LogP contribution in [0.2, 0.25) is 0 Å². The van der Waals surface area contributed by atoms with Gasteiger partial charge in [0.25, 0.3) is 0 Å². The molecule has 27 heavy (non-hydrogen) atoms. The molecule has 0 amide bonds. The Morgan fingerprint density at radius 2 is 1.37 bits per heavy atom. The summed E-state index contributed by atoms with van der Waals surface area (Å²) in [5, 5.41) is 0. The summed E-state index contributed by atoms with van der Waals surface area (Å²) in [5.74, 6) is 0. The van der Waals surface area contributed by atoms with Gasteiger partial charge in [-0.15, -0.1) is 23.2 Å². The molecular formula is C24H29Cl2N. The highest BCUT2D eigenvalue weighted by molar-refractivity contribution is 6.27. The molecule has 0 aliphatic heterocycles. The van der Waals surface area contributed by atoms with E-state index >= 15 is 0 Å². The molecule has 4 rings (SSSR count). The van der Waals surface area contributed by atoms with Crippen molar-refractivity contribution in [2.24, 2.45) is 0 Å². The zero-order valence-corrected chi connectivity index (χ0v) is 17.7. The van der Waals surface area contributed by atoms with Gasteiger partial charge in [-0.25, -0.2) is 0 Å². The fraction of sp³-hybridized carbons (Fsp3) is 0.500. The van der Waals surface area contributed by atoms with E-state index in [1.54, 1.807) is 0 Å². The molecule has 0 bridgehead atoms. The van der Waals surface area contributed by atoms with Crippen LogP contribution in [0.4, 0.5) is 0 Å². The first-order valence-electron chi connectivity index (χ1n) is 10.2. The van der Waals surface area contributed by atoms with E-state index in [-0.39, 0.29) is 9.75 Å². The number of hydrogen-bond donors (Lipinski definition) is 0. The molecule has 0 unspecified atom stereocenters. The molecule has 0 N–H and O–H groups in total. The van der Waals surface area contributed by atoms with Crippen LogP contribution in [-0.2, 0) is 22.6 Å². The number of likely N-dealkylation sites (N-methyl/N-ethyl adjacent to an activating group) is 1. The maximum atomic E-state index is 6.82. The molecule has 0 atom stereocenters. The quantitative estimate of drug-likeness (QED) is 0.448. The van der Waals surface area contributed by atoms with E-state index in [0.29, 0.717) is 0 Å². The van der Waals surface area contributed by atoms with Crippen molar-refractivity contribution in [2.45, 2.75) is 54.7 Å². The van der Waals surface area contributed by atoms with Gasteiger partial charge in [0.1, 0.15) is 0 Å². The molecule has 2 aliphatic rings. The SMILES string of the molecule is CN(CCCc1c(C2(Cl)CC2)cccc1C1(Cl)CC1)CCc1ccccc1. The Bertz CT molecular complexity index is 742. The molecule has 2 aromatic carbocycles. The van der Waals surface area contributed by atoms with E-state index in [4.69, 9.17) is 23.2 Å². The van der Waals surface area contributed by atoms with Crippen LogP contribution in [0.5, 0.6) is 0 Å². The lowest BCUT2D eigenvalue weighted by atomic mass is 9.91. The van der Waals surface area contributed by atoms with Gasteiger partial charge in [0.15, 0.2) is 0 Å². The Balaban J connectivity index is 1.38. The fourth-order valence-corrected chi connectivity index (χ4v) is 4.60. The number of alkyl halides is 2. The summed E-state index contributed by atoms with van der Waals surface area (Å²) in [6.07, 6.45) is 7.71. The third kappa shape index (κ3) is 4.53. The van der Waals surface area contributed by atoms with E-state index in [1.165, 1.54) is 22.3 Å². The number of benzene rings is 2. The van der Waals surface area contributed by atoms with Crippen LogP contribution >= 0.6 is 23.2 Å². The molecule has 2 fully saturated rings. The lowest BCUT2D eigenvalue weighted by Crippen LogP contribution is -2.23. The highest BCUT2D eigenvalue weighted by atomic mass is 35.5. The average molecular weight is 402 g/mol. The Kier molecular flexibility index (Phi) is 5.56. The second-order valence-electron chi connectivity index (χ2n) is 8.40. The fourth-order valence-electron chi connectivity index (χ4n) is 4.06. The minimum absolute atomic E-state index is 0.118. The molecule has 3 heteroatoms. The Morgan fingerprint density at radius 1 is 0.778 bits per heavy atom. The Hall–Kier alpha value is -1.02. The van der Waals surface area contributed by atoms with Crippen molar-refractivity contribution in [1.29, 1.82) is 0 Å². The highest BCUT2D eigenvalue weighted by Gasteiger charge is 2.48. The number of hydrogen-bond acceptors (Lipinski definition) is 1. The third-order valence-electron chi connectivity index (χ3n) is 6.11. The Morgan fingerprint density at radius 3 is 1.93 bits per heavy atom. The third-order valence-corrected chi connectivity index (χ3v) is 7.27. The summed E-state index contributed by atoms with van der Waals surface area (Å²) < 4.78 is 0. The van der Waals surface area contributed by atoms with E-state index < -0.39 is 0 Å². The lowest BCUT2D eigenvalue weighted by molar-refractivity contribution is 0.333. The van der Waals surface area contributed by atoms with E-state index in [1.807, 2.05) is 0 Å². The van der Waals surface area contributed by atoms with Crippen LogP contribution in [0.1, 0.15) is 54.4 Å². The summed E-state index contributed by atoms with van der Waals surface area (Å²) in [7, 11) is 2.23. The number of nitrogens with zero attached hydrogens (tertiary/aromatic N) is 1. The van der Waals surface area contributed by atoms with Crippen molar-refractivity contribution in [3.8, 4) is 0 Å². The largest absolute Gasteiger partial charge is 0.306 e. The minimum atomic E-state index is -0.118. The van der Waals surface area contributed by atoms with E-state index in [0.717, 1.165) is 58.0 Å². The second-order valence-corrected chi connectivity index (χ2v) is 9.85. The van der Waals surface area contributed by atoms with Crippen molar-refractivity contribution in [3.05, 3.63) is 70.8 Å². The molecule has 2 saturated carbocycles. The van der Waals surface area contributed by atoms with Crippen LogP contribution in [0.15, 0.2) is 48.5 Å². The van der Waals surface area contributed by atoms with Gasteiger partial charge in [-0.05, 0) is 80.8 Å². The topological polar surface area (TPSA) is 3.24 Å². The molecule has 144 valence electrons. The predicted octanol–water partition coefficient (Wildman–Crippen LogP) is 6.25. The Labute approximate surface area is 173 Å². The van der Waals surface area contributed by atoms with Gasteiger partial charge >= 0.3 is 0 Å². The maximum Gasteiger partial charge on any atom is 0.0699 e. The second kappa shape index (κ2) is 7.78. The van der Waals surface area contributed by atoms with Crippen LogP contribution in [0, 0.1) is 0 Å². The van der Waals surface area contributed by atoms with Crippen LogP contribution < -0.4 is 0 Å². The van der Waals surface area contributed by atoms with Crippen LogP contribution in [-0.4, -0.2) is 25.0 Å². The predicted molar refractivity (Wildman–Crippen MR) is 116 cm³/mol. The first kappa shape index (κ1) is 19.3. The molecule has 0 aromatic heterocycles. The lowest BCUT2D eigenvalue weighted by Gasteiger charge is -2.22. The van der Waals surface area contributed by atoms with Gasteiger partial charge in [0.05, 0.1) is 9.75 Å². The smallest absolute Gasteiger partial charge is 0.0699 e. The molecule has 0 saturated heterocycles. The van der Waals surface area contributed by atoms with Gasteiger partial charge < -0.3 is 4.90 Å². The summed E-state index contributed by atoms with van der Waals surface area (Å²) in [6, 6.07) is 17.4. The van der Waals surface area contributed by atoms with Gasteiger partial charge in [-0.1, -0.05) is 48.5 Å². The van der Waals surface area contributed by atoms with Gasteiger partial charge in [-0.3, -0.25) is 0 Å². The molecular weight excluding hydrogens is 373 g/mol. The summed E-state index contributed by atoms with van der Waals surface area (Å²) in [6.45, 7) is 2.20. The van der Waals surface area contributed by atoms with E-state index in [2.05, 4.69) is 60.5 Å². The van der Waals surface area contributed by atoms with E-state index in [9.17, 15) is 0 Å². The van der Waals surface area contributed by atoms with Gasteiger partial charge in [0, 0.05) is 6.54 Å². The van der Waals surface area contributed by atoms with Crippen molar-refractivity contribution in [2.75, 3.05) is 20.1 Å². The zero-order valence-electron chi connectivity index (χ0n) is 16.2. The number of rotatable bonds is 9. The standard InChI is InChI=1S/C24H29Cl2N/c1-27(18-12-19-7-3-2-4-8-19)17-6-9-20-21(23(25)13-14-23)10-5-11-22(20)24(26)15-16-24/h2-5,7-8,10-11H,6,9,12-18H2,1H3. The van der Waals surface area contributed by atoms with Gasteiger partial charge in [-0.2, -0.15) is 0 Å². The summed E-state index contributed by atoms with van der Waals surface area (Å²) in [5.41, 5.74) is 5.54. The molecule has 0 spiro atoms. The normalized spacial score (nSPS) is 19.3. The summed E-state index contributed by atoms with van der Waals surface area (Å²) >= 11 is 13.6. The molecule has 0 radical (unpaired) electrons. The first-order chi connectivity index (χ1) is 13.0. The molecule has 0 heterocycles. The molecule has 2 aliphatic carbocycles. The maximum absolute atomic E-state index is 6.82. The van der Waals surface area contributed by atoms with Crippen molar-refractivity contribution in [3.63, 3.8) is 0 Å². The van der Waals surface area contributed by atoms with Crippen molar-refractivity contribution >= 4 is 23.2 Å². The van der Waals surface area contributed by atoms with Crippen molar-refractivity contribution < 1.29 is 0 Å². The average Bonchev–Trinajstić information content (AvgIpc) is 3.60. The highest BCUT2D eigenvalue weighted by Crippen LogP contribution is 2.58. The molecule has 1 nitrogen and oxygen atoms in total. The first-order valence-corrected chi connectivity index (χ1v) is 11.0. The molecule has 2 aromatic rings. The van der Waals surface area contributed by atoms with Crippen LogP contribution in [0.25, 0.3) is 0 Å². The van der Waals surface area contributed by atoms with Crippen LogP contribution in [0.3, 0.4) is 0 Å². The number of halogens is 2. The monoisotopic (exact) mass is 401 g/mol. The zero-order chi connectivity index (χ0) is 18.9. The van der Waals surface area contributed by atoms with Crippen molar-refractivity contribution in [1.82, 2.24) is 4.90 Å².